The molecule has 2 fully saturated rings. The molecule has 136 valence electrons. The highest BCUT2D eigenvalue weighted by Crippen LogP contribution is 2.33. The number of nitrogens with one attached hydrogen (secondary N) is 2. The average Bonchev–Trinajstić information content (AvgIpc) is 3.38. The number of carbonyl (C=O) groups excluding carboxylic acids is 2. The summed E-state index contributed by atoms with van der Waals surface area (Å²) in [4.78, 5) is 35.6. The highest BCUT2D eigenvalue weighted by Gasteiger charge is 2.30. The maximum absolute atomic E-state index is 12.3. The Morgan fingerprint density at radius 1 is 1.16 bits per heavy atom. The van der Waals surface area contributed by atoms with Crippen LogP contribution in [0.1, 0.15) is 42.7 Å². The molecule has 0 bridgehead atoms. The number of ether oxygens (including phenoxy) is 1. The van der Waals surface area contributed by atoms with Gasteiger partial charge in [-0.3, -0.25) is 9.59 Å². The Bertz CT molecular complexity index is 697. The van der Waals surface area contributed by atoms with Crippen LogP contribution in [0.4, 0.5) is 0 Å². The van der Waals surface area contributed by atoms with Crippen molar-refractivity contribution in [1.29, 1.82) is 0 Å². The van der Waals surface area contributed by atoms with Crippen LogP contribution in [0.15, 0.2) is 21.3 Å². The van der Waals surface area contributed by atoms with Crippen molar-refractivity contribution >= 4 is 11.8 Å². The Morgan fingerprint density at radius 2 is 1.96 bits per heavy atom. The minimum Gasteiger partial charge on any atom is -0.508 e. The average molecular weight is 350 g/mol. The van der Waals surface area contributed by atoms with E-state index in [0.29, 0.717) is 32.0 Å². The third kappa shape index (κ3) is 5.06. The van der Waals surface area contributed by atoms with E-state index in [4.69, 9.17) is 9.15 Å². The fraction of sp³-hybridized carbons (Fsp3) is 0.588. The fourth-order valence-electron chi connectivity index (χ4n) is 2.89. The van der Waals surface area contributed by atoms with Gasteiger partial charge in [0.25, 0.3) is 5.91 Å². The summed E-state index contributed by atoms with van der Waals surface area (Å²) >= 11 is 0. The molecule has 25 heavy (non-hydrogen) atoms. The van der Waals surface area contributed by atoms with Gasteiger partial charge in [0.2, 0.25) is 5.91 Å². The van der Waals surface area contributed by atoms with E-state index >= 15 is 0 Å². The lowest BCUT2D eigenvalue weighted by Gasteiger charge is -2.32. The van der Waals surface area contributed by atoms with Gasteiger partial charge in [0, 0.05) is 19.1 Å². The molecule has 2 heterocycles. The van der Waals surface area contributed by atoms with Crippen LogP contribution >= 0.6 is 0 Å². The second kappa shape index (κ2) is 7.69. The molecule has 1 aromatic rings. The van der Waals surface area contributed by atoms with Gasteiger partial charge in [-0.05, 0) is 18.8 Å². The molecule has 1 aliphatic heterocycles. The fourth-order valence-corrected chi connectivity index (χ4v) is 2.89. The zero-order valence-corrected chi connectivity index (χ0v) is 13.8. The minimum absolute atomic E-state index is 0.0504. The Hall–Kier alpha value is -2.35. The number of rotatable bonds is 6. The Morgan fingerprint density at radius 3 is 2.68 bits per heavy atom. The van der Waals surface area contributed by atoms with E-state index in [2.05, 4.69) is 10.6 Å². The van der Waals surface area contributed by atoms with Gasteiger partial charge in [-0.15, -0.1) is 0 Å². The minimum atomic E-state index is -0.804. The summed E-state index contributed by atoms with van der Waals surface area (Å²) in [5, 5.41) is 15.1. The standard InChI is InChI=1S/C17H22N2O6/c20-11-7-14(25-16(22)8-11)17(23)19-12-5-6-24-9-13(12)18-15(21)4-3-10-1-2-10/h7-8,10,12-13,20H,1-6,9H2,(H,18,21)(H,19,23)/t12-,13+/m1/s1. The molecular weight excluding hydrogens is 328 g/mol. The molecule has 1 aliphatic carbocycles. The zero-order valence-electron chi connectivity index (χ0n) is 13.8. The van der Waals surface area contributed by atoms with Crippen molar-refractivity contribution in [3.05, 3.63) is 28.3 Å². The van der Waals surface area contributed by atoms with E-state index in [-0.39, 0.29) is 29.5 Å². The van der Waals surface area contributed by atoms with E-state index in [9.17, 15) is 19.5 Å². The number of hydrogen-bond acceptors (Lipinski definition) is 6. The summed E-state index contributed by atoms with van der Waals surface area (Å²) in [6.45, 7) is 0.771. The molecule has 2 aliphatic rings. The number of amides is 2. The summed E-state index contributed by atoms with van der Waals surface area (Å²) in [5.41, 5.74) is -0.804. The maximum Gasteiger partial charge on any atom is 0.340 e. The molecule has 1 aromatic heterocycles. The van der Waals surface area contributed by atoms with E-state index in [1.165, 1.54) is 12.8 Å². The first-order valence-corrected chi connectivity index (χ1v) is 8.53. The Balaban J connectivity index is 1.58. The smallest absolute Gasteiger partial charge is 0.340 e. The van der Waals surface area contributed by atoms with Gasteiger partial charge in [-0.2, -0.15) is 0 Å². The molecule has 8 nitrogen and oxygen atoms in total. The number of hydrogen-bond donors (Lipinski definition) is 3. The van der Waals surface area contributed by atoms with Crippen LogP contribution < -0.4 is 16.3 Å². The normalized spacial score (nSPS) is 23.0. The molecule has 2 atom stereocenters. The first kappa shape index (κ1) is 17.5. The van der Waals surface area contributed by atoms with E-state index in [0.717, 1.165) is 18.6 Å². The summed E-state index contributed by atoms with van der Waals surface area (Å²) in [6, 6.07) is 1.29. The largest absolute Gasteiger partial charge is 0.508 e. The SMILES string of the molecule is O=C(CCC1CC1)N[C@H]1COCC[C@H]1NC(=O)c1cc(O)cc(=O)o1. The zero-order chi connectivity index (χ0) is 17.8. The van der Waals surface area contributed by atoms with Crippen molar-refractivity contribution in [2.24, 2.45) is 5.92 Å². The summed E-state index contributed by atoms with van der Waals surface area (Å²) in [6.07, 6.45) is 4.30. The van der Waals surface area contributed by atoms with Gasteiger partial charge in [0.1, 0.15) is 5.75 Å². The molecule has 0 radical (unpaired) electrons. The third-order valence-electron chi connectivity index (χ3n) is 4.47. The summed E-state index contributed by atoms with van der Waals surface area (Å²) < 4.78 is 10.2. The molecule has 0 unspecified atom stereocenters. The molecule has 2 amide bonds. The van der Waals surface area contributed by atoms with Crippen LogP contribution in [0.2, 0.25) is 0 Å². The quantitative estimate of drug-likeness (QED) is 0.689. The van der Waals surface area contributed by atoms with Gasteiger partial charge >= 0.3 is 5.63 Å². The predicted octanol–water partition coefficient (Wildman–Crippen LogP) is 0.539. The lowest BCUT2D eigenvalue weighted by molar-refractivity contribution is -0.123. The van der Waals surface area contributed by atoms with Crippen molar-refractivity contribution in [2.45, 2.75) is 44.2 Å². The number of aromatic hydroxyl groups is 1. The molecule has 3 rings (SSSR count). The number of carbonyl (C=O) groups is 2. The van der Waals surface area contributed by atoms with Crippen LogP contribution in [0.5, 0.6) is 5.75 Å². The van der Waals surface area contributed by atoms with Crippen molar-refractivity contribution < 1.29 is 23.8 Å². The Kier molecular flexibility index (Phi) is 5.37. The second-order valence-corrected chi connectivity index (χ2v) is 6.60. The van der Waals surface area contributed by atoms with E-state index in [1.54, 1.807) is 0 Å². The van der Waals surface area contributed by atoms with Gasteiger partial charge in [0.05, 0.1) is 24.8 Å². The molecule has 1 saturated heterocycles. The van der Waals surface area contributed by atoms with Crippen molar-refractivity contribution in [2.75, 3.05) is 13.2 Å². The summed E-state index contributed by atoms with van der Waals surface area (Å²) in [5.74, 6) is -0.589. The van der Waals surface area contributed by atoms with Gasteiger partial charge in [-0.1, -0.05) is 12.8 Å². The van der Waals surface area contributed by atoms with Crippen LogP contribution in [-0.4, -0.2) is 42.2 Å². The molecule has 3 N–H and O–H groups in total. The lowest BCUT2D eigenvalue weighted by Crippen LogP contribution is -2.56. The van der Waals surface area contributed by atoms with Crippen molar-refractivity contribution in [1.82, 2.24) is 10.6 Å². The Labute approximate surface area is 144 Å². The third-order valence-corrected chi connectivity index (χ3v) is 4.47. The monoisotopic (exact) mass is 350 g/mol. The first-order valence-electron chi connectivity index (χ1n) is 8.53. The van der Waals surface area contributed by atoms with Crippen LogP contribution in [0.3, 0.4) is 0 Å². The molecule has 0 aromatic carbocycles. The van der Waals surface area contributed by atoms with Gasteiger partial charge < -0.3 is 24.9 Å². The molecular formula is C17H22N2O6. The van der Waals surface area contributed by atoms with Crippen molar-refractivity contribution in [3.8, 4) is 5.75 Å². The summed E-state index contributed by atoms with van der Waals surface area (Å²) in [7, 11) is 0. The topological polar surface area (TPSA) is 118 Å². The predicted molar refractivity (Wildman–Crippen MR) is 87.2 cm³/mol. The lowest BCUT2D eigenvalue weighted by atomic mass is 10.0. The highest BCUT2D eigenvalue weighted by atomic mass is 16.5. The van der Waals surface area contributed by atoms with Gasteiger partial charge in [-0.25, -0.2) is 4.79 Å². The molecule has 1 saturated carbocycles. The molecule has 8 heteroatoms. The van der Waals surface area contributed by atoms with E-state index in [1.807, 2.05) is 0 Å². The van der Waals surface area contributed by atoms with Crippen LogP contribution in [0, 0.1) is 5.92 Å². The second-order valence-electron chi connectivity index (χ2n) is 6.60. The van der Waals surface area contributed by atoms with Crippen LogP contribution in [0.25, 0.3) is 0 Å². The van der Waals surface area contributed by atoms with E-state index < -0.39 is 11.5 Å². The highest BCUT2D eigenvalue weighted by molar-refractivity contribution is 5.92. The van der Waals surface area contributed by atoms with Crippen molar-refractivity contribution in [3.63, 3.8) is 0 Å². The van der Waals surface area contributed by atoms with Gasteiger partial charge in [0.15, 0.2) is 5.76 Å². The maximum atomic E-state index is 12.3. The van der Waals surface area contributed by atoms with Crippen LogP contribution in [-0.2, 0) is 9.53 Å². The molecule has 0 spiro atoms. The first-order chi connectivity index (χ1) is 12.0.